The van der Waals surface area contributed by atoms with Gasteiger partial charge in [-0.1, -0.05) is 24.3 Å². The Morgan fingerprint density at radius 1 is 1.03 bits per heavy atom. The van der Waals surface area contributed by atoms with Crippen LogP contribution in [0.2, 0.25) is 0 Å². The van der Waals surface area contributed by atoms with E-state index < -0.39 is 0 Å². The van der Waals surface area contributed by atoms with Gasteiger partial charge >= 0.3 is 0 Å². The number of carbonyl (C=O) groups excluding carboxylic acids is 1. The van der Waals surface area contributed by atoms with Crippen molar-refractivity contribution in [2.45, 2.75) is 32.2 Å². The van der Waals surface area contributed by atoms with Crippen LogP contribution in [0.4, 0.5) is 0 Å². The number of rotatable bonds is 4. The lowest BCUT2D eigenvalue weighted by Crippen LogP contribution is -2.30. The summed E-state index contributed by atoms with van der Waals surface area (Å²) in [6, 6.07) is 15.9. The number of methoxy groups -OCH3 is 2. The van der Waals surface area contributed by atoms with Crippen molar-refractivity contribution < 1.29 is 14.3 Å². The second-order valence-corrected chi connectivity index (χ2v) is 7.51. The fourth-order valence-electron chi connectivity index (χ4n) is 4.30. The molecule has 0 spiro atoms. The molecule has 5 heteroatoms. The van der Waals surface area contributed by atoms with Gasteiger partial charge in [-0.2, -0.15) is 5.10 Å². The molecule has 2 atom stereocenters. The zero-order valence-electron chi connectivity index (χ0n) is 17.1. The molecule has 2 aliphatic rings. The number of carbonyl (C=O) groups is 1. The van der Waals surface area contributed by atoms with E-state index in [9.17, 15) is 4.79 Å². The van der Waals surface area contributed by atoms with Crippen LogP contribution in [0.3, 0.4) is 0 Å². The Morgan fingerprint density at radius 3 is 2.24 bits per heavy atom. The smallest absolute Gasteiger partial charge is 0.240 e. The number of nitrogens with zero attached hydrogens (tertiary/aromatic N) is 2. The molecule has 2 aromatic carbocycles. The number of hydrazone groups is 1. The Kier molecular flexibility index (Phi) is 5.38. The van der Waals surface area contributed by atoms with Gasteiger partial charge in [-0.05, 0) is 66.3 Å². The monoisotopic (exact) mass is 390 g/mol. The third-order valence-electron chi connectivity index (χ3n) is 5.74. The third-order valence-corrected chi connectivity index (χ3v) is 5.74. The summed E-state index contributed by atoms with van der Waals surface area (Å²) >= 11 is 0. The average Bonchev–Trinajstić information content (AvgIpc) is 3.15. The molecule has 0 bridgehead atoms. The molecule has 1 heterocycles. The van der Waals surface area contributed by atoms with Gasteiger partial charge in [0, 0.05) is 12.8 Å². The molecule has 150 valence electrons. The minimum atomic E-state index is -0.0621. The van der Waals surface area contributed by atoms with E-state index in [2.05, 4.69) is 18.2 Å². The molecule has 0 unspecified atom stereocenters. The van der Waals surface area contributed by atoms with Crippen LogP contribution in [-0.2, 0) is 4.79 Å². The fourth-order valence-corrected chi connectivity index (χ4v) is 4.30. The minimum Gasteiger partial charge on any atom is -0.497 e. The maximum Gasteiger partial charge on any atom is 0.240 e. The van der Waals surface area contributed by atoms with Gasteiger partial charge in [0.15, 0.2) is 0 Å². The second-order valence-electron chi connectivity index (χ2n) is 7.51. The number of fused-ring (bicyclic) bond motifs is 1. The molecular formula is C24H26N2O3. The first kappa shape index (κ1) is 19.2. The van der Waals surface area contributed by atoms with Gasteiger partial charge in [-0.3, -0.25) is 4.79 Å². The van der Waals surface area contributed by atoms with Crippen LogP contribution >= 0.6 is 0 Å². The average molecular weight is 390 g/mol. The van der Waals surface area contributed by atoms with Gasteiger partial charge in [0.2, 0.25) is 5.91 Å². The summed E-state index contributed by atoms with van der Waals surface area (Å²) in [6.45, 7) is 1.59. The maximum absolute atomic E-state index is 12.4. The van der Waals surface area contributed by atoms with E-state index in [1.54, 1.807) is 26.2 Å². The van der Waals surface area contributed by atoms with Crippen molar-refractivity contribution >= 4 is 17.7 Å². The van der Waals surface area contributed by atoms with E-state index in [0.717, 1.165) is 47.6 Å². The Morgan fingerprint density at radius 2 is 1.66 bits per heavy atom. The summed E-state index contributed by atoms with van der Waals surface area (Å²) in [5, 5.41) is 6.46. The van der Waals surface area contributed by atoms with E-state index >= 15 is 0 Å². The lowest BCUT2D eigenvalue weighted by molar-refractivity contribution is -0.131. The molecule has 1 aliphatic heterocycles. The number of benzene rings is 2. The van der Waals surface area contributed by atoms with Gasteiger partial charge in [-0.15, -0.1) is 0 Å². The molecule has 5 nitrogen and oxygen atoms in total. The zero-order valence-corrected chi connectivity index (χ0v) is 17.1. The highest BCUT2D eigenvalue weighted by molar-refractivity contribution is 6.08. The number of hydrogen-bond acceptors (Lipinski definition) is 4. The van der Waals surface area contributed by atoms with Crippen molar-refractivity contribution in [3.05, 3.63) is 65.2 Å². The highest BCUT2D eigenvalue weighted by Gasteiger charge is 2.42. The van der Waals surface area contributed by atoms with Crippen LogP contribution in [0, 0.1) is 5.92 Å². The fraction of sp³-hybridized carbons (Fsp3) is 0.333. The van der Waals surface area contributed by atoms with Crippen molar-refractivity contribution in [2.24, 2.45) is 11.0 Å². The summed E-state index contributed by atoms with van der Waals surface area (Å²) in [5.41, 5.74) is 4.47. The molecule has 1 amide bonds. The Hall–Kier alpha value is -3.08. The first-order valence-electron chi connectivity index (χ1n) is 9.98. The molecule has 0 saturated heterocycles. The van der Waals surface area contributed by atoms with E-state index in [0.29, 0.717) is 0 Å². The lowest BCUT2D eigenvalue weighted by atomic mass is 9.77. The zero-order chi connectivity index (χ0) is 20.4. The van der Waals surface area contributed by atoms with E-state index in [1.165, 1.54) is 5.57 Å². The first-order chi connectivity index (χ1) is 14.1. The standard InChI is InChI=1S/C24H26N2O3/c1-16(27)26-24(18-9-13-21(29-3)14-10-18)22-6-4-5-19(23(22)25-26)15-17-7-11-20(28-2)12-8-17/h7-15,22,24H,4-6H2,1-3H3/t22-,24+/m1/s1. The quantitative estimate of drug-likeness (QED) is 0.750. The third kappa shape index (κ3) is 3.77. The van der Waals surface area contributed by atoms with Crippen LogP contribution in [0.25, 0.3) is 6.08 Å². The van der Waals surface area contributed by atoms with Gasteiger partial charge in [0.05, 0.1) is 26.0 Å². The molecule has 29 heavy (non-hydrogen) atoms. The number of hydrogen-bond donors (Lipinski definition) is 0. The van der Waals surface area contributed by atoms with Crippen LogP contribution in [-0.4, -0.2) is 30.8 Å². The number of amides is 1. The van der Waals surface area contributed by atoms with Crippen molar-refractivity contribution in [1.82, 2.24) is 5.01 Å². The SMILES string of the molecule is COc1ccc(C=C2CCC[C@@H]3C2=NN(C(C)=O)[C@H]3c2ccc(OC)cc2)cc1. The van der Waals surface area contributed by atoms with Gasteiger partial charge in [0.25, 0.3) is 0 Å². The molecule has 0 aromatic heterocycles. The van der Waals surface area contributed by atoms with E-state index in [-0.39, 0.29) is 17.9 Å². The highest BCUT2D eigenvalue weighted by atomic mass is 16.5. The van der Waals surface area contributed by atoms with Crippen LogP contribution < -0.4 is 9.47 Å². The summed E-state index contributed by atoms with van der Waals surface area (Å²) in [4.78, 5) is 12.4. The molecule has 1 fully saturated rings. The van der Waals surface area contributed by atoms with Crippen molar-refractivity contribution in [3.63, 3.8) is 0 Å². The molecule has 1 aliphatic carbocycles. The minimum absolute atomic E-state index is 0.0310. The predicted octanol–water partition coefficient (Wildman–Crippen LogP) is 4.85. The molecule has 0 N–H and O–H groups in total. The summed E-state index contributed by atoms with van der Waals surface area (Å²) in [7, 11) is 3.33. The summed E-state index contributed by atoms with van der Waals surface area (Å²) < 4.78 is 10.5. The number of ether oxygens (including phenoxy) is 2. The molecule has 4 rings (SSSR count). The van der Waals surface area contributed by atoms with Crippen molar-refractivity contribution in [2.75, 3.05) is 14.2 Å². The van der Waals surface area contributed by atoms with Crippen LogP contribution in [0.15, 0.2) is 59.2 Å². The topological polar surface area (TPSA) is 51.1 Å². The van der Waals surface area contributed by atoms with E-state index in [4.69, 9.17) is 14.6 Å². The van der Waals surface area contributed by atoms with E-state index in [1.807, 2.05) is 36.4 Å². The Balaban J connectivity index is 1.68. The van der Waals surface area contributed by atoms with Gasteiger partial charge < -0.3 is 9.47 Å². The van der Waals surface area contributed by atoms with Crippen LogP contribution in [0.1, 0.15) is 43.4 Å². The second kappa shape index (κ2) is 8.11. The number of allylic oxidation sites excluding steroid dienone is 1. The maximum atomic E-state index is 12.4. The molecular weight excluding hydrogens is 364 g/mol. The van der Waals surface area contributed by atoms with Gasteiger partial charge in [-0.25, -0.2) is 5.01 Å². The van der Waals surface area contributed by atoms with Crippen LogP contribution in [0.5, 0.6) is 11.5 Å². The molecule has 1 saturated carbocycles. The van der Waals surface area contributed by atoms with Crippen molar-refractivity contribution in [3.8, 4) is 11.5 Å². The lowest BCUT2D eigenvalue weighted by Gasteiger charge is -2.29. The normalized spacial score (nSPS) is 22.2. The first-order valence-corrected chi connectivity index (χ1v) is 9.98. The highest BCUT2D eigenvalue weighted by Crippen LogP contribution is 2.44. The van der Waals surface area contributed by atoms with Crippen molar-refractivity contribution in [1.29, 1.82) is 0 Å². The summed E-state index contributed by atoms with van der Waals surface area (Å²) in [5.74, 6) is 1.84. The Labute approximate surface area is 171 Å². The summed E-state index contributed by atoms with van der Waals surface area (Å²) in [6.07, 6.45) is 5.28. The molecule has 0 radical (unpaired) electrons. The largest absolute Gasteiger partial charge is 0.497 e. The Bertz CT molecular complexity index is 945. The molecule has 2 aromatic rings. The predicted molar refractivity (Wildman–Crippen MR) is 114 cm³/mol. The van der Waals surface area contributed by atoms with Gasteiger partial charge in [0.1, 0.15) is 11.5 Å².